The lowest BCUT2D eigenvalue weighted by atomic mass is 10.2. The minimum atomic E-state index is -0.483. The zero-order valence-electron chi connectivity index (χ0n) is 22.6. The smallest absolute Gasteiger partial charge is 0.411 e. The summed E-state index contributed by atoms with van der Waals surface area (Å²) in [4.78, 5) is 32.8. The Hall–Kier alpha value is -3.64. The van der Waals surface area contributed by atoms with Crippen molar-refractivity contribution < 1.29 is 19.1 Å². The highest BCUT2D eigenvalue weighted by Gasteiger charge is 2.07. The van der Waals surface area contributed by atoms with Crippen LogP contribution in [-0.4, -0.2) is 31.4 Å². The average molecular weight is 509 g/mol. The Morgan fingerprint density at radius 3 is 1.54 bits per heavy atom. The summed E-state index contributed by atoms with van der Waals surface area (Å²) in [6.07, 6.45) is 7.40. The van der Waals surface area contributed by atoms with Gasteiger partial charge in [0.1, 0.15) is 6.01 Å². The molecule has 0 aliphatic heterocycles. The molecule has 8 nitrogen and oxygen atoms in total. The van der Waals surface area contributed by atoms with Gasteiger partial charge in [-0.15, -0.1) is 0 Å². The van der Waals surface area contributed by atoms with Gasteiger partial charge in [-0.05, 0) is 62.1 Å². The van der Waals surface area contributed by atoms with E-state index in [1.54, 1.807) is 24.3 Å². The Bertz CT molecular complexity index is 996. The molecule has 0 fully saturated rings. The van der Waals surface area contributed by atoms with Crippen molar-refractivity contribution in [1.82, 2.24) is 0 Å². The van der Waals surface area contributed by atoms with Gasteiger partial charge in [-0.3, -0.25) is 10.6 Å². The molecule has 2 aromatic carbocycles. The molecule has 0 aliphatic carbocycles. The molecule has 2 N–H and O–H groups in total. The number of unbranched alkanes of at least 4 members (excludes halogenated alkanes) is 6. The van der Waals surface area contributed by atoms with Gasteiger partial charge in [-0.25, -0.2) is 9.59 Å². The molecule has 2 amide bonds. The van der Waals surface area contributed by atoms with Gasteiger partial charge in [0.2, 0.25) is 0 Å². The minimum absolute atomic E-state index is 0.402. The Morgan fingerprint density at radius 2 is 1.14 bits per heavy atom. The maximum absolute atomic E-state index is 12.0. The van der Waals surface area contributed by atoms with Crippen molar-refractivity contribution in [2.45, 2.75) is 79.1 Å². The standard InChI is InChI=1S/C29H40N4O4/c1-5-7-9-11-17-36-28(34)32-24-15-13-22(3)26(19-24)30-21-31-27-20-25(16-14-23(27)4)33-29(35)37-18-12-10-8-6-2/h13-16,19-20H,5-12,17-18H2,1-4H3,(H,32,34)(H,33,35). The second-order valence-corrected chi connectivity index (χ2v) is 8.97. The first-order chi connectivity index (χ1) is 17.9. The number of hydrogen-bond donors (Lipinski definition) is 2. The average Bonchev–Trinajstić information content (AvgIpc) is 2.87. The van der Waals surface area contributed by atoms with E-state index in [0.29, 0.717) is 36.0 Å². The van der Waals surface area contributed by atoms with Crippen LogP contribution in [0.4, 0.5) is 32.3 Å². The number of amides is 2. The number of nitrogens with zero attached hydrogens (tertiary/aromatic N) is 2. The fourth-order valence-corrected chi connectivity index (χ4v) is 3.44. The van der Waals surface area contributed by atoms with Crippen molar-refractivity contribution in [2.24, 2.45) is 9.98 Å². The van der Waals surface area contributed by atoms with E-state index >= 15 is 0 Å². The van der Waals surface area contributed by atoms with Crippen LogP contribution in [0.15, 0.2) is 46.4 Å². The number of ether oxygens (including phenoxy) is 2. The molecule has 0 unspecified atom stereocenters. The largest absolute Gasteiger partial charge is 0.449 e. The first-order valence-electron chi connectivity index (χ1n) is 13.2. The van der Waals surface area contributed by atoms with Crippen molar-refractivity contribution in [3.63, 3.8) is 0 Å². The zero-order chi connectivity index (χ0) is 26.9. The molecule has 37 heavy (non-hydrogen) atoms. The lowest BCUT2D eigenvalue weighted by Gasteiger charge is -2.08. The number of anilines is 2. The predicted molar refractivity (Wildman–Crippen MR) is 150 cm³/mol. The molecule has 0 saturated heterocycles. The second-order valence-electron chi connectivity index (χ2n) is 8.97. The monoisotopic (exact) mass is 508 g/mol. The summed E-state index contributed by atoms with van der Waals surface area (Å²) in [7, 11) is 0. The number of rotatable bonds is 14. The lowest BCUT2D eigenvalue weighted by molar-refractivity contribution is 0.158. The van der Waals surface area contributed by atoms with Crippen LogP contribution in [0.25, 0.3) is 0 Å². The molecule has 8 heteroatoms. The molecular formula is C29H40N4O4. The quantitative estimate of drug-likeness (QED) is 0.197. The van der Waals surface area contributed by atoms with Gasteiger partial charge in [0.15, 0.2) is 0 Å². The minimum Gasteiger partial charge on any atom is -0.449 e. The van der Waals surface area contributed by atoms with Crippen molar-refractivity contribution in [3.8, 4) is 0 Å². The number of carbonyl (C=O) groups excluding carboxylic acids is 2. The Labute approximate surface area is 220 Å². The molecule has 0 saturated carbocycles. The second kappa shape index (κ2) is 16.9. The maximum Gasteiger partial charge on any atom is 0.411 e. The molecule has 0 bridgehead atoms. The van der Waals surface area contributed by atoms with Crippen molar-refractivity contribution in [1.29, 1.82) is 0 Å². The van der Waals surface area contributed by atoms with E-state index in [9.17, 15) is 9.59 Å². The zero-order valence-corrected chi connectivity index (χ0v) is 22.6. The van der Waals surface area contributed by atoms with Gasteiger partial charge in [-0.2, -0.15) is 9.98 Å². The summed E-state index contributed by atoms with van der Waals surface area (Å²) < 4.78 is 10.5. The molecule has 0 atom stereocenters. The van der Waals surface area contributed by atoms with E-state index in [0.717, 1.165) is 62.5 Å². The van der Waals surface area contributed by atoms with E-state index in [1.165, 1.54) is 0 Å². The van der Waals surface area contributed by atoms with E-state index in [-0.39, 0.29) is 0 Å². The van der Waals surface area contributed by atoms with Crippen LogP contribution in [0.5, 0.6) is 0 Å². The number of aryl methyl sites for hydroxylation is 2. The lowest BCUT2D eigenvalue weighted by Crippen LogP contribution is -2.14. The highest BCUT2D eigenvalue weighted by Crippen LogP contribution is 2.25. The molecule has 2 aromatic rings. The molecule has 0 heterocycles. The molecule has 0 spiro atoms. The number of benzene rings is 2. The van der Waals surface area contributed by atoms with Crippen LogP contribution in [0.1, 0.15) is 76.3 Å². The summed E-state index contributed by atoms with van der Waals surface area (Å²) in [6, 6.07) is 13.5. The number of carbonyl (C=O) groups is 2. The van der Waals surface area contributed by atoms with Crippen LogP contribution in [0, 0.1) is 13.8 Å². The topological polar surface area (TPSA) is 101 Å². The molecular weight excluding hydrogens is 468 g/mol. The van der Waals surface area contributed by atoms with E-state index in [1.807, 2.05) is 26.0 Å². The highest BCUT2D eigenvalue weighted by atomic mass is 16.6. The third-order valence-electron chi connectivity index (χ3n) is 5.71. The number of hydrogen-bond acceptors (Lipinski definition) is 6. The molecule has 0 aromatic heterocycles. The van der Waals surface area contributed by atoms with Crippen LogP contribution in [0.3, 0.4) is 0 Å². The number of aliphatic imine (C=N–C) groups is 2. The van der Waals surface area contributed by atoms with Gasteiger partial charge in [-0.1, -0.05) is 64.5 Å². The summed E-state index contributed by atoms with van der Waals surface area (Å²) in [5, 5.41) is 5.47. The first kappa shape index (κ1) is 29.6. The van der Waals surface area contributed by atoms with E-state index < -0.39 is 12.2 Å². The van der Waals surface area contributed by atoms with Crippen molar-refractivity contribution >= 4 is 40.9 Å². The van der Waals surface area contributed by atoms with Gasteiger partial charge in [0, 0.05) is 11.4 Å². The van der Waals surface area contributed by atoms with Crippen molar-refractivity contribution in [2.75, 3.05) is 23.8 Å². The van der Waals surface area contributed by atoms with Gasteiger partial charge in [0.05, 0.1) is 24.6 Å². The van der Waals surface area contributed by atoms with Crippen LogP contribution in [-0.2, 0) is 9.47 Å². The fourth-order valence-electron chi connectivity index (χ4n) is 3.44. The maximum atomic E-state index is 12.0. The van der Waals surface area contributed by atoms with Crippen LogP contribution >= 0.6 is 0 Å². The van der Waals surface area contributed by atoms with Crippen LogP contribution < -0.4 is 10.6 Å². The first-order valence-corrected chi connectivity index (χ1v) is 13.2. The third kappa shape index (κ3) is 11.8. The Balaban J connectivity index is 1.97. The molecule has 0 aliphatic rings. The molecule has 0 radical (unpaired) electrons. The summed E-state index contributed by atoms with van der Waals surface area (Å²) >= 11 is 0. The third-order valence-corrected chi connectivity index (χ3v) is 5.71. The Kier molecular flexibility index (Phi) is 13.5. The Morgan fingerprint density at radius 1 is 0.703 bits per heavy atom. The van der Waals surface area contributed by atoms with Gasteiger partial charge < -0.3 is 9.47 Å². The van der Waals surface area contributed by atoms with Gasteiger partial charge in [0.25, 0.3) is 0 Å². The van der Waals surface area contributed by atoms with Crippen molar-refractivity contribution in [3.05, 3.63) is 47.5 Å². The number of nitrogens with one attached hydrogen (secondary N) is 2. The molecule has 200 valence electrons. The molecule has 2 rings (SSSR count). The van der Waals surface area contributed by atoms with E-state index in [4.69, 9.17) is 9.47 Å². The normalized spacial score (nSPS) is 10.3. The van der Waals surface area contributed by atoms with E-state index in [2.05, 4.69) is 40.5 Å². The predicted octanol–water partition coefficient (Wildman–Crippen LogP) is 8.70. The fraction of sp³-hybridized carbons (Fsp3) is 0.483. The highest BCUT2D eigenvalue weighted by molar-refractivity contribution is 5.86. The van der Waals surface area contributed by atoms with Gasteiger partial charge >= 0.3 is 12.2 Å². The summed E-state index contributed by atoms with van der Waals surface area (Å²) in [6.45, 7) is 8.92. The summed E-state index contributed by atoms with van der Waals surface area (Å²) in [5.74, 6) is 0. The van der Waals surface area contributed by atoms with Crippen LogP contribution in [0.2, 0.25) is 0 Å². The summed E-state index contributed by atoms with van der Waals surface area (Å²) in [5.41, 5.74) is 4.25. The SMILES string of the molecule is CCCCCCOC(=O)Nc1ccc(C)c(N=C=Nc2cc(NC(=O)OCCCCCC)ccc2C)c1.